The molecule has 10 atom stereocenters. The second-order valence-corrected chi connectivity index (χ2v) is 29.7. The third-order valence-corrected chi connectivity index (χ3v) is 22.0. The lowest BCUT2D eigenvalue weighted by Gasteiger charge is -2.39. The van der Waals surface area contributed by atoms with Crippen molar-refractivity contribution in [3.63, 3.8) is 0 Å². The molecule has 0 saturated carbocycles. The Bertz CT molecular complexity index is 3910. The van der Waals surface area contributed by atoms with Crippen molar-refractivity contribution in [1.82, 2.24) is 39.0 Å². The number of aromatic nitrogens is 8. The number of rotatable bonds is 26. The van der Waals surface area contributed by atoms with Crippen molar-refractivity contribution in [1.29, 1.82) is 5.26 Å². The summed E-state index contributed by atoms with van der Waals surface area (Å²) in [6.07, 6.45) is -8.22. The smallest absolute Gasteiger partial charge is 0.497 e. The molecule has 0 spiro atoms. The number of imidazole rings is 2. The Hall–Kier alpha value is -7.87. The van der Waals surface area contributed by atoms with E-state index in [1.807, 2.05) is 94.5 Å². The van der Waals surface area contributed by atoms with E-state index < -0.39 is 115 Å². The lowest BCUT2D eigenvalue weighted by molar-refractivity contribution is -0.118. The number of carbonyl (C=O) groups is 2. The van der Waals surface area contributed by atoms with E-state index in [1.54, 1.807) is 82.7 Å². The molecule has 8 aromatic rings. The van der Waals surface area contributed by atoms with Gasteiger partial charge in [0.05, 0.1) is 59.2 Å². The van der Waals surface area contributed by atoms with Crippen LogP contribution in [-0.2, 0) is 51.7 Å². The van der Waals surface area contributed by atoms with Crippen molar-refractivity contribution < 1.29 is 69.6 Å². The van der Waals surface area contributed by atoms with Crippen molar-refractivity contribution in [2.75, 3.05) is 44.7 Å². The molecule has 6 heterocycles. The van der Waals surface area contributed by atoms with E-state index >= 15 is 4.39 Å². The van der Waals surface area contributed by atoms with Gasteiger partial charge in [0.1, 0.15) is 47.8 Å². The first kappa shape index (κ1) is 66.1. The Morgan fingerprint density at radius 2 is 1.38 bits per heavy atom. The molecule has 2 saturated heterocycles. The fourth-order valence-corrected chi connectivity index (χ4v) is 13.1. The van der Waals surface area contributed by atoms with E-state index in [2.05, 4.69) is 40.5 Å². The first-order valence-corrected chi connectivity index (χ1v) is 34.1. The molecule has 4 aromatic carbocycles. The third kappa shape index (κ3) is 14.3. The number of alkyl halides is 1. The number of methoxy groups -OCH3 is 2. The van der Waals surface area contributed by atoms with Crippen molar-refractivity contribution in [2.24, 2.45) is 5.92 Å². The number of nitrogens with zero attached hydrogens (tertiary/aromatic N) is 8. The fourth-order valence-electron chi connectivity index (χ4n) is 10.2. The van der Waals surface area contributed by atoms with Gasteiger partial charge in [0, 0.05) is 16.0 Å². The second kappa shape index (κ2) is 28.3. The highest BCUT2D eigenvalue weighted by atomic mass is 31.2. The zero-order chi connectivity index (χ0) is 64.8. The molecule has 0 aliphatic carbocycles. The van der Waals surface area contributed by atoms with E-state index in [9.17, 15) is 29.1 Å². The van der Waals surface area contributed by atoms with Crippen LogP contribution in [0, 0.1) is 17.2 Å². The topological polar surface area (TPSA) is 319 Å². The highest BCUT2D eigenvalue weighted by Gasteiger charge is 2.56. The molecule has 10 rings (SSSR count). The number of anilines is 2. The summed E-state index contributed by atoms with van der Waals surface area (Å²) >= 11 is 0. The van der Waals surface area contributed by atoms with Gasteiger partial charge < -0.3 is 47.0 Å². The summed E-state index contributed by atoms with van der Waals surface area (Å²) in [6.45, 7) is 12.1. The number of H-pyrrole nitrogens is 1. The Labute approximate surface area is 525 Å². The zero-order valence-electron chi connectivity index (χ0n) is 51.2. The number of halogens is 1. The average molecular weight is 1310 g/mol. The predicted octanol–water partition coefficient (Wildman–Crippen LogP) is 9.95. The molecule has 4 N–H and O–H groups in total. The van der Waals surface area contributed by atoms with Crippen molar-refractivity contribution in [3.05, 3.63) is 161 Å². The number of aromatic amines is 1. The first-order chi connectivity index (χ1) is 43.6. The highest BCUT2D eigenvalue weighted by molar-refractivity contribution is 7.41. The number of ether oxygens (including phenoxy) is 5. The summed E-state index contributed by atoms with van der Waals surface area (Å²) in [5, 5.41) is 14.7. The Morgan fingerprint density at radius 3 is 1.99 bits per heavy atom. The fraction of sp³-hybridized carbons (Fsp3) is 0.393. The normalized spacial score (nSPS) is 20.8. The van der Waals surface area contributed by atoms with Crippen LogP contribution in [0.1, 0.15) is 80.5 Å². The van der Waals surface area contributed by atoms with Gasteiger partial charge in [0.25, 0.3) is 11.5 Å². The quantitative estimate of drug-likeness (QED) is 0.0169. The van der Waals surface area contributed by atoms with Gasteiger partial charge in [-0.2, -0.15) is 10.2 Å². The number of nitrogens with one attached hydrogen (secondary N) is 3. The molecule has 2 aliphatic rings. The van der Waals surface area contributed by atoms with Crippen LogP contribution in [0.5, 0.6) is 11.5 Å². The number of amides is 2. The molecule has 26 nitrogen and oxygen atoms in total. The Kier molecular flexibility index (Phi) is 20.6. The molecule has 91 heavy (non-hydrogen) atoms. The van der Waals surface area contributed by atoms with E-state index in [0.717, 1.165) is 0 Å². The monoisotopic (exact) mass is 1300 g/mol. The predicted molar refractivity (Wildman–Crippen MR) is 333 cm³/mol. The van der Waals surface area contributed by atoms with Gasteiger partial charge in [0.15, 0.2) is 61.2 Å². The minimum atomic E-state index is -3.37. The lowest BCUT2D eigenvalue weighted by Crippen LogP contribution is -2.50. The minimum absolute atomic E-state index is 0.0462. The molecule has 478 valence electrons. The average Bonchev–Trinajstić information content (AvgIpc) is 1.77. The maximum Gasteiger partial charge on any atom is 0.695 e. The van der Waals surface area contributed by atoms with E-state index in [0.29, 0.717) is 33.8 Å². The van der Waals surface area contributed by atoms with Crippen molar-refractivity contribution in [3.8, 4) is 17.6 Å². The Morgan fingerprint density at radius 1 is 0.791 bits per heavy atom. The molecular weight excluding hydrogens is 1240 g/mol. The lowest BCUT2D eigenvalue weighted by atomic mass is 9.80. The Balaban J connectivity index is 1.04. The van der Waals surface area contributed by atoms with Gasteiger partial charge in [-0.05, 0) is 71.2 Å². The summed E-state index contributed by atoms with van der Waals surface area (Å²) in [5.41, 5.74) is 0.183. The molecule has 0 bridgehead atoms. The van der Waals surface area contributed by atoms with Crippen LogP contribution in [-0.4, -0.2) is 135 Å². The molecule has 2 amide bonds. The molecule has 30 heteroatoms. The molecule has 2 fully saturated rings. The summed E-state index contributed by atoms with van der Waals surface area (Å²) in [4.78, 5) is 74.9. The van der Waals surface area contributed by atoms with Crippen LogP contribution < -0.4 is 25.7 Å². The largest absolute Gasteiger partial charge is 0.695 e. The van der Waals surface area contributed by atoms with Gasteiger partial charge in [-0.3, -0.25) is 33.8 Å². The summed E-state index contributed by atoms with van der Waals surface area (Å²) in [5.74, 6) is -0.389. The molecule has 2 unspecified atom stereocenters. The summed E-state index contributed by atoms with van der Waals surface area (Å²) in [7, 11) is -5.89. The number of hydrogen-bond acceptors (Lipinski definition) is 20. The number of fused-ring (bicyclic) bond motifs is 2. The van der Waals surface area contributed by atoms with Gasteiger partial charge in [-0.1, -0.05) is 107 Å². The second-order valence-electron chi connectivity index (χ2n) is 23.1. The van der Waals surface area contributed by atoms with Crippen LogP contribution in [0.25, 0.3) is 22.3 Å². The maximum atomic E-state index is 18.4. The number of nitriles is 1. The van der Waals surface area contributed by atoms with E-state index in [4.69, 9.17) is 46.2 Å². The standard InChI is InChI=1S/C61H68FN11O15P2Si/c1-36(2)54(74)70-59-69-53-47(56(76)71-59)67-35-73(53)58-50(86-89(77)78)49(88-91(8,9)60(3,4)5)44(85-58)32-83-90(82-30-16-29-63)87-48-43(84-57(45(48)62)72-34-66-46-51(64-33-65-52(46)72)68-55(75)37-17-12-10-13-18-37)31-81-61(38-19-14-11-15-20-38,39-21-25-41(79-6)26-22-39)40-23-27-42(80-7)28-24-40/h10-15,17-28,33-36,43-45,48-50,57-58H,16,30-32H2,1-9H3,(H3-,64,65,68,69,70,71,74,75,76,77,78)/p+1/t43-,44-,45-,48-,49-,50-,57-,58-,90?/m1/s1. The molecule has 2 aliphatic heterocycles. The van der Waals surface area contributed by atoms with Crippen molar-refractivity contribution in [2.45, 2.75) is 114 Å². The summed E-state index contributed by atoms with van der Waals surface area (Å²) in [6, 6.07) is 34.6. The van der Waals surface area contributed by atoms with Crippen LogP contribution in [0.3, 0.4) is 0 Å². The molecule has 4 aromatic heterocycles. The minimum Gasteiger partial charge on any atom is -0.497 e. The molecular formula is C61H69FN11O15P2Si+. The SMILES string of the molecule is COc1ccc(C(OC[C@H]2O[C@@H](n3cnc4c(NC(=O)c5ccccc5)ncnc43)[C@H](F)[C@@H]2OP(OCCC#N)OC[C@H]2O[C@@H](n3cnc4c(=O)[nH]c(NC(=O)C(C)C)nc43)[C@H](O[P+](=O)O)[C@@H]2O[Si](C)(C)C(C)(C)C)(c2ccccc2)c2ccc(OC)cc2)cc1. The highest BCUT2D eigenvalue weighted by Crippen LogP contribution is 2.51. The van der Waals surface area contributed by atoms with Crippen LogP contribution in [0.2, 0.25) is 18.1 Å². The maximum absolute atomic E-state index is 18.4. The van der Waals surface area contributed by atoms with Gasteiger partial charge in [-0.15, -0.1) is 9.42 Å². The van der Waals surface area contributed by atoms with Crippen LogP contribution >= 0.6 is 16.9 Å². The zero-order valence-corrected chi connectivity index (χ0v) is 54.0. The number of benzene rings is 4. The van der Waals surface area contributed by atoms with Gasteiger partial charge >= 0.3 is 16.9 Å². The summed E-state index contributed by atoms with van der Waals surface area (Å²) < 4.78 is 98.3. The first-order valence-electron chi connectivity index (χ1n) is 29.0. The molecule has 0 radical (unpaired) electrons. The van der Waals surface area contributed by atoms with Gasteiger partial charge in [-0.25, -0.2) is 24.3 Å². The van der Waals surface area contributed by atoms with Gasteiger partial charge in [0.2, 0.25) is 11.9 Å². The van der Waals surface area contributed by atoms with Crippen LogP contribution in [0.15, 0.2) is 133 Å². The van der Waals surface area contributed by atoms with Crippen LogP contribution in [0.4, 0.5) is 16.2 Å². The third-order valence-electron chi connectivity index (χ3n) is 16.0. The number of carbonyl (C=O) groups excluding carboxylic acids is 2. The van der Waals surface area contributed by atoms with Crippen molar-refractivity contribution >= 4 is 71.1 Å². The van der Waals surface area contributed by atoms with E-state index in [-0.39, 0.29) is 53.7 Å². The van der Waals surface area contributed by atoms with E-state index in [1.165, 1.54) is 28.1 Å². The number of hydrogen-bond donors (Lipinski definition) is 4.